The van der Waals surface area contributed by atoms with Crippen molar-refractivity contribution in [3.05, 3.63) is 35.9 Å². The number of hydrogen-bond acceptors (Lipinski definition) is 2. The van der Waals surface area contributed by atoms with Gasteiger partial charge in [-0.2, -0.15) is 0 Å². The molecule has 1 aliphatic rings. The van der Waals surface area contributed by atoms with Crippen LogP contribution in [0.3, 0.4) is 0 Å². The molecule has 1 amide bonds. The van der Waals surface area contributed by atoms with Gasteiger partial charge < -0.3 is 10.0 Å². The highest BCUT2D eigenvalue weighted by Crippen LogP contribution is 2.30. The van der Waals surface area contributed by atoms with Gasteiger partial charge >= 0.3 is 0 Å². The molecule has 0 aromatic heterocycles. The van der Waals surface area contributed by atoms with Crippen molar-refractivity contribution in [2.45, 2.75) is 38.7 Å². The molecule has 19 heavy (non-hydrogen) atoms. The van der Waals surface area contributed by atoms with Crippen LogP contribution in [0.1, 0.15) is 44.3 Å². The van der Waals surface area contributed by atoms with E-state index in [1.807, 2.05) is 42.2 Å². The van der Waals surface area contributed by atoms with Crippen molar-refractivity contribution in [3.63, 3.8) is 0 Å². The van der Waals surface area contributed by atoms with Crippen LogP contribution in [-0.2, 0) is 4.79 Å². The molecule has 0 saturated carbocycles. The molecular weight excluding hydrogens is 238 g/mol. The van der Waals surface area contributed by atoms with Gasteiger partial charge in [0.1, 0.15) is 0 Å². The van der Waals surface area contributed by atoms with E-state index in [-0.39, 0.29) is 11.8 Å². The zero-order valence-electron chi connectivity index (χ0n) is 11.6. The third-order valence-corrected chi connectivity index (χ3v) is 3.94. The molecule has 1 saturated heterocycles. The summed E-state index contributed by atoms with van der Waals surface area (Å²) in [6.07, 6.45) is 2.94. The summed E-state index contributed by atoms with van der Waals surface area (Å²) in [7, 11) is 0. The minimum Gasteiger partial charge on any atom is -0.388 e. The second-order valence-corrected chi connectivity index (χ2v) is 5.32. The van der Waals surface area contributed by atoms with E-state index < -0.39 is 6.10 Å². The number of aliphatic hydroxyl groups is 1. The van der Waals surface area contributed by atoms with Crippen LogP contribution in [0.4, 0.5) is 0 Å². The van der Waals surface area contributed by atoms with Crippen molar-refractivity contribution >= 4 is 5.91 Å². The summed E-state index contributed by atoms with van der Waals surface area (Å²) in [4.78, 5) is 13.8. The Morgan fingerprint density at radius 2 is 1.95 bits per heavy atom. The molecule has 1 aromatic carbocycles. The number of nitrogens with zero attached hydrogens (tertiary/aromatic N) is 1. The van der Waals surface area contributed by atoms with E-state index in [0.29, 0.717) is 6.42 Å². The molecule has 104 valence electrons. The lowest BCUT2D eigenvalue weighted by molar-refractivity contribution is -0.133. The van der Waals surface area contributed by atoms with E-state index in [0.717, 1.165) is 37.9 Å². The number of carbonyl (C=O) groups excluding carboxylic acids is 1. The molecule has 1 heterocycles. The molecule has 2 rings (SSSR count). The van der Waals surface area contributed by atoms with Crippen molar-refractivity contribution in [3.8, 4) is 0 Å². The van der Waals surface area contributed by atoms with Gasteiger partial charge in [0, 0.05) is 19.5 Å². The largest absolute Gasteiger partial charge is 0.388 e. The first kappa shape index (κ1) is 14.1. The van der Waals surface area contributed by atoms with Crippen LogP contribution < -0.4 is 0 Å². The fourth-order valence-corrected chi connectivity index (χ4v) is 2.76. The third-order valence-electron chi connectivity index (χ3n) is 3.94. The van der Waals surface area contributed by atoms with Crippen molar-refractivity contribution < 1.29 is 9.90 Å². The lowest BCUT2D eigenvalue weighted by Crippen LogP contribution is -2.39. The Balaban J connectivity index is 1.88. The Labute approximate surface area is 115 Å². The minimum absolute atomic E-state index is 0.259. The Bertz CT molecular complexity index is 396. The smallest absolute Gasteiger partial charge is 0.222 e. The summed E-state index contributed by atoms with van der Waals surface area (Å²) in [5, 5.41) is 10.4. The van der Waals surface area contributed by atoms with E-state index in [9.17, 15) is 9.90 Å². The number of hydrogen-bond donors (Lipinski definition) is 1. The molecule has 0 radical (unpaired) electrons. The van der Waals surface area contributed by atoms with E-state index >= 15 is 0 Å². The maximum absolute atomic E-state index is 11.8. The van der Waals surface area contributed by atoms with Gasteiger partial charge in [-0.1, -0.05) is 37.3 Å². The number of aliphatic hydroxyl groups excluding tert-OH is 1. The van der Waals surface area contributed by atoms with Gasteiger partial charge in [-0.05, 0) is 30.7 Å². The fourth-order valence-electron chi connectivity index (χ4n) is 2.76. The van der Waals surface area contributed by atoms with Gasteiger partial charge in [0.15, 0.2) is 0 Å². The quantitative estimate of drug-likeness (QED) is 0.905. The van der Waals surface area contributed by atoms with Crippen molar-refractivity contribution in [1.82, 2.24) is 4.90 Å². The summed E-state index contributed by atoms with van der Waals surface area (Å²) in [6, 6.07) is 9.82. The van der Waals surface area contributed by atoms with Crippen LogP contribution in [0, 0.1) is 5.92 Å². The summed E-state index contributed by atoms with van der Waals surface area (Å²) < 4.78 is 0. The Kier molecular flexibility index (Phi) is 4.97. The van der Waals surface area contributed by atoms with Crippen LogP contribution in [0.2, 0.25) is 0 Å². The first-order chi connectivity index (χ1) is 9.22. The Hall–Kier alpha value is -1.35. The lowest BCUT2D eigenvalue weighted by Gasteiger charge is -2.34. The molecule has 3 nitrogen and oxygen atoms in total. The molecule has 0 bridgehead atoms. The maximum atomic E-state index is 11.8. The highest BCUT2D eigenvalue weighted by molar-refractivity contribution is 5.76. The standard InChI is InChI=1S/C16H23NO2/c1-2-6-15(18)17-11-9-14(10-12-17)16(19)13-7-4-3-5-8-13/h3-5,7-8,14,16,19H,2,6,9-12H2,1H3. The third kappa shape index (κ3) is 3.57. The minimum atomic E-state index is -0.398. The fraction of sp³-hybridized carbons (Fsp3) is 0.562. The number of piperidine rings is 1. The number of amides is 1. The summed E-state index contributed by atoms with van der Waals surface area (Å²) in [6.45, 7) is 3.60. The lowest BCUT2D eigenvalue weighted by atomic mass is 9.87. The summed E-state index contributed by atoms with van der Waals surface area (Å²) in [5.74, 6) is 0.531. The summed E-state index contributed by atoms with van der Waals surface area (Å²) >= 11 is 0. The van der Waals surface area contributed by atoms with E-state index in [4.69, 9.17) is 0 Å². The zero-order chi connectivity index (χ0) is 13.7. The molecule has 0 spiro atoms. The van der Waals surface area contributed by atoms with Gasteiger partial charge in [0.25, 0.3) is 0 Å². The van der Waals surface area contributed by atoms with E-state index in [2.05, 4.69) is 0 Å². The molecule has 1 fully saturated rings. The molecule has 0 aliphatic carbocycles. The monoisotopic (exact) mass is 261 g/mol. The molecule has 1 aliphatic heterocycles. The molecule has 3 heteroatoms. The predicted octanol–water partition coefficient (Wildman–Crippen LogP) is 2.76. The van der Waals surface area contributed by atoms with Gasteiger partial charge in [-0.3, -0.25) is 4.79 Å². The van der Waals surface area contributed by atoms with Gasteiger partial charge in [0.05, 0.1) is 6.10 Å². The van der Waals surface area contributed by atoms with Crippen molar-refractivity contribution in [2.24, 2.45) is 5.92 Å². The molecule has 1 N–H and O–H groups in total. The maximum Gasteiger partial charge on any atom is 0.222 e. The average Bonchev–Trinajstić information content (AvgIpc) is 2.48. The van der Waals surface area contributed by atoms with Crippen molar-refractivity contribution in [2.75, 3.05) is 13.1 Å². The van der Waals surface area contributed by atoms with E-state index in [1.165, 1.54) is 0 Å². The highest BCUT2D eigenvalue weighted by atomic mass is 16.3. The van der Waals surface area contributed by atoms with Gasteiger partial charge in [0.2, 0.25) is 5.91 Å². The van der Waals surface area contributed by atoms with Crippen molar-refractivity contribution in [1.29, 1.82) is 0 Å². The molecule has 1 aromatic rings. The van der Waals surface area contributed by atoms with Crippen LogP contribution in [0.5, 0.6) is 0 Å². The Morgan fingerprint density at radius 3 is 2.53 bits per heavy atom. The van der Waals surface area contributed by atoms with Gasteiger partial charge in [-0.25, -0.2) is 0 Å². The summed E-state index contributed by atoms with van der Waals surface area (Å²) in [5.41, 5.74) is 0.987. The highest BCUT2D eigenvalue weighted by Gasteiger charge is 2.27. The average molecular weight is 261 g/mol. The first-order valence-corrected chi connectivity index (χ1v) is 7.23. The van der Waals surface area contributed by atoms with Crippen LogP contribution in [0.25, 0.3) is 0 Å². The van der Waals surface area contributed by atoms with Crippen LogP contribution in [-0.4, -0.2) is 29.0 Å². The number of benzene rings is 1. The first-order valence-electron chi connectivity index (χ1n) is 7.23. The van der Waals surface area contributed by atoms with E-state index in [1.54, 1.807) is 0 Å². The number of rotatable bonds is 4. The topological polar surface area (TPSA) is 40.5 Å². The van der Waals surface area contributed by atoms with Crippen LogP contribution in [0.15, 0.2) is 30.3 Å². The number of carbonyl (C=O) groups is 1. The number of likely N-dealkylation sites (tertiary alicyclic amines) is 1. The second kappa shape index (κ2) is 6.71. The molecule has 1 unspecified atom stereocenters. The predicted molar refractivity (Wildman–Crippen MR) is 75.6 cm³/mol. The Morgan fingerprint density at radius 1 is 1.32 bits per heavy atom. The molecular formula is C16H23NO2. The SMILES string of the molecule is CCCC(=O)N1CCC(C(O)c2ccccc2)CC1. The second-order valence-electron chi connectivity index (χ2n) is 5.32. The normalized spacial score (nSPS) is 18.3. The van der Waals surface area contributed by atoms with Crippen LogP contribution >= 0.6 is 0 Å². The van der Waals surface area contributed by atoms with Gasteiger partial charge in [-0.15, -0.1) is 0 Å². The molecule has 1 atom stereocenters. The zero-order valence-corrected chi connectivity index (χ0v) is 11.6.